The summed E-state index contributed by atoms with van der Waals surface area (Å²) in [6.07, 6.45) is 0. The van der Waals surface area contributed by atoms with Gasteiger partial charge in [-0.25, -0.2) is 0 Å². The van der Waals surface area contributed by atoms with E-state index in [0.717, 1.165) is 38.3 Å². The predicted molar refractivity (Wildman–Crippen MR) is 189 cm³/mol. The first kappa shape index (κ1) is 17.9. The van der Waals surface area contributed by atoms with E-state index in [0.29, 0.717) is 22.1 Å². The molecule has 7 aromatic carbocycles. The molecule has 0 atom stereocenters. The highest BCUT2D eigenvalue weighted by Crippen LogP contribution is 2.42. The van der Waals surface area contributed by atoms with E-state index in [2.05, 4.69) is 4.57 Å². The second kappa shape index (κ2) is 9.22. The molecule has 0 bridgehead atoms. The first-order valence-corrected chi connectivity index (χ1v) is 14.8. The van der Waals surface area contributed by atoms with Gasteiger partial charge in [0.15, 0.2) is 0 Å². The third kappa shape index (κ3) is 3.41. The third-order valence-electron chi connectivity index (χ3n) is 8.77. The minimum Gasteiger partial charge on any atom is -0.309 e. The second-order valence-corrected chi connectivity index (χ2v) is 11.2. The zero-order valence-electron chi connectivity index (χ0n) is 31.8. The Kier molecular flexibility index (Phi) is 3.67. The van der Waals surface area contributed by atoms with Gasteiger partial charge in [-0.2, -0.15) is 0 Å². The lowest BCUT2D eigenvalue weighted by molar-refractivity contribution is 1.16. The monoisotopic (exact) mass is 581 g/mol. The number of nitrogens with zero attached hydrogens (tertiary/aromatic N) is 3. The summed E-state index contributed by atoms with van der Waals surface area (Å²) in [4.78, 5) is 0. The van der Waals surface area contributed by atoms with Crippen LogP contribution in [-0.4, -0.2) is 13.7 Å². The second-order valence-electron chi connectivity index (χ2n) is 11.2. The van der Waals surface area contributed by atoms with Crippen molar-refractivity contribution >= 4 is 54.6 Å². The maximum atomic E-state index is 9.72. The van der Waals surface area contributed by atoms with E-state index in [1.165, 1.54) is 0 Å². The molecule has 0 aliphatic heterocycles. The van der Waals surface area contributed by atoms with Crippen LogP contribution in [0.25, 0.3) is 82.8 Å². The molecule has 45 heavy (non-hydrogen) atoms. The summed E-state index contributed by atoms with van der Waals surface area (Å²) in [5.74, 6) is 0. The summed E-state index contributed by atoms with van der Waals surface area (Å²) in [7, 11) is 0. The highest BCUT2D eigenvalue weighted by atomic mass is 15.0. The van der Waals surface area contributed by atoms with Gasteiger partial charge < -0.3 is 13.7 Å². The van der Waals surface area contributed by atoms with E-state index in [4.69, 9.17) is 6.85 Å². The molecule has 0 N–H and O–H groups in total. The van der Waals surface area contributed by atoms with Crippen molar-refractivity contribution in [3.63, 3.8) is 0 Å². The fourth-order valence-electron chi connectivity index (χ4n) is 6.97. The fraction of sp³-hybridized carbons (Fsp3) is 0. The van der Waals surface area contributed by atoms with Crippen LogP contribution in [0.15, 0.2) is 164 Å². The smallest absolute Gasteiger partial charge is 0.0651 e. The SMILES string of the molecule is [2H]c1c([2H])c(-c2c([2H])c([2H])c([2H])c(-n3c4cccc5c4c4c(cccc43)n5-c3ccccc3)c2[2H])c([2H])c(-n2c3ccccc3c3ccccc32)c1[2H]. The number of hydrogen-bond donors (Lipinski definition) is 0. The lowest BCUT2D eigenvalue weighted by Crippen LogP contribution is -1.98. The van der Waals surface area contributed by atoms with Crippen LogP contribution >= 0.6 is 0 Å². The van der Waals surface area contributed by atoms with Crippen LogP contribution in [0.1, 0.15) is 11.0 Å². The molecule has 3 heteroatoms. The molecule has 0 fully saturated rings. The average Bonchev–Trinajstić information content (AvgIpc) is 3.82. The van der Waals surface area contributed by atoms with Crippen LogP contribution in [-0.2, 0) is 0 Å². The standard InChI is InChI=1S/C42H27N3/c1-2-14-30(15-3-1)43-37-22-10-24-39-41(37)42-38(43)23-11-25-40(42)45(39)32-17-9-13-29(27-32)28-12-8-16-31(26-28)44-35-20-6-4-18-33(35)34-19-5-7-21-36(34)44/h1-27H/i8D,9D,12D,13D,16D,17D,26D,27D. The minimum absolute atomic E-state index is 0.0433. The quantitative estimate of drug-likeness (QED) is 0.196. The number of hydrogen-bond acceptors (Lipinski definition) is 0. The average molecular weight is 582 g/mol. The molecule has 10 rings (SSSR count). The van der Waals surface area contributed by atoms with E-state index in [9.17, 15) is 4.11 Å². The van der Waals surface area contributed by atoms with Crippen LogP contribution < -0.4 is 0 Å². The van der Waals surface area contributed by atoms with E-state index in [-0.39, 0.29) is 46.7 Å². The number of rotatable bonds is 4. The number of para-hydroxylation sites is 3. The first-order chi connectivity index (χ1) is 25.7. The van der Waals surface area contributed by atoms with Crippen molar-refractivity contribution in [2.75, 3.05) is 0 Å². The topological polar surface area (TPSA) is 14.8 Å². The molecule has 210 valence electrons. The van der Waals surface area contributed by atoms with Crippen molar-refractivity contribution in [2.24, 2.45) is 0 Å². The van der Waals surface area contributed by atoms with E-state index >= 15 is 0 Å². The van der Waals surface area contributed by atoms with Crippen molar-refractivity contribution in [1.29, 1.82) is 0 Å². The first-order valence-electron chi connectivity index (χ1n) is 18.8. The zero-order chi connectivity index (χ0) is 36.4. The zero-order valence-corrected chi connectivity index (χ0v) is 23.8. The highest BCUT2D eigenvalue weighted by Gasteiger charge is 2.22. The van der Waals surface area contributed by atoms with Gasteiger partial charge in [0, 0.05) is 38.6 Å². The Morgan fingerprint density at radius 1 is 0.356 bits per heavy atom. The van der Waals surface area contributed by atoms with Gasteiger partial charge in [0.1, 0.15) is 0 Å². The number of fused-ring (bicyclic) bond motifs is 3. The molecule has 0 spiro atoms. The summed E-state index contributed by atoms with van der Waals surface area (Å²) in [6, 6.07) is 33.8. The van der Waals surface area contributed by atoms with Crippen molar-refractivity contribution in [3.8, 4) is 28.2 Å². The van der Waals surface area contributed by atoms with Crippen molar-refractivity contribution < 1.29 is 11.0 Å². The minimum atomic E-state index is -0.486. The maximum absolute atomic E-state index is 9.72. The summed E-state index contributed by atoms with van der Waals surface area (Å²) >= 11 is 0. The molecule has 0 amide bonds. The molecule has 0 saturated carbocycles. The van der Waals surface area contributed by atoms with Gasteiger partial charge in [0.2, 0.25) is 0 Å². The van der Waals surface area contributed by atoms with Crippen molar-refractivity contribution in [2.45, 2.75) is 0 Å². The van der Waals surface area contributed by atoms with Crippen LogP contribution in [0.5, 0.6) is 0 Å². The van der Waals surface area contributed by atoms with Crippen molar-refractivity contribution in [1.82, 2.24) is 13.7 Å². The van der Waals surface area contributed by atoms with Gasteiger partial charge in [-0.05, 0) is 83.8 Å². The van der Waals surface area contributed by atoms with E-state index in [1.54, 1.807) is 9.13 Å². The Hall–Kier alpha value is -6.06. The molecule has 0 unspecified atom stereocenters. The molecule has 3 nitrogen and oxygen atoms in total. The number of aromatic nitrogens is 3. The van der Waals surface area contributed by atoms with Crippen LogP contribution in [0, 0.1) is 0 Å². The van der Waals surface area contributed by atoms with E-state index < -0.39 is 24.2 Å². The molecular formula is C42H27N3. The molecule has 0 aliphatic rings. The lowest BCUT2D eigenvalue weighted by atomic mass is 10.0. The van der Waals surface area contributed by atoms with Crippen LogP contribution in [0.2, 0.25) is 0 Å². The number of benzene rings is 7. The maximum Gasteiger partial charge on any atom is 0.0651 e. The summed E-state index contributed by atoms with van der Waals surface area (Å²) < 4.78 is 79.6. The van der Waals surface area contributed by atoms with Gasteiger partial charge in [-0.1, -0.05) is 90.9 Å². The summed E-state index contributed by atoms with van der Waals surface area (Å²) in [5, 5.41) is 3.62. The molecule has 3 aromatic heterocycles. The Balaban J connectivity index is 1.30. The van der Waals surface area contributed by atoms with E-state index in [1.807, 2.05) is 115 Å². The van der Waals surface area contributed by atoms with Gasteiger partial charge in [-0.15, -0.1) is 0 Å². The molecule has 10 aromatic rings. The Morgan fingerprint density at radius 3 is 1.27 bits per heavy atom. The highest BCUT2D eigenvalue weighted by molar-refractivity contribution is 6.25. The molecule has 0 saturated heterocycles. The molecule has 3 heterocycles. The van der Waals surface area contributed by atoms with Gasteiger partial charge in [0.25, 0.3) is 0 Å². The fourth-order valence-corrected chi connectivity index (χ4v) is 6.97. The molecular weight excluding hydrogens is 546 g/mol. The van der Waals surface area contributed by atoms with Gasteiger partial charge in [-0.3, -0.25) is 0 Å². The van der Waals surface area contributed by atoms with Crippen molar-refractivity contribution in [3.05, 3.63) is 164 Å². The largest absolute Gasteiger partial charge is 0.309 e. The summed E-state index contributed by atoms with van der Waals surface area (Å²) in [5.41, 5.74) is 5.37. The lowest BCUT2D eigenvalue weighted by Gasteiger charge is -2.14. The van der Waals surface area contributed by atoms with Gasteiger partial charge >= 0.3 is 0 Å². The predicted octanol–water partition coefficient (Wildman–Crippen LogP) is 10.9. The Morgan fingerprint density at radius 2 is 0.756 bits per heavy atom. The summed E-state index contributed by atoms with van der Waals surface area (Å²) in [6.45, 7) is 0. The van der Waals surface area contributed by atoms with Gasteiger partial charge in [0.05, 0.1) is 44.1 Å². The Bertz CT molecular complexity index is 3040. The van der Waals surface area contributed by atoms with Crippen LogP contribution in [0.4, 0.5) is 0 Å². The van der Waals surface area contributed by atoms with Crippen LogP contribution in [0.3, 0.4) is 0 Å². The Labute approximate surface area is 271 Å². The normalized spacial score (nSPS) is 14.5. The third-order valence-corrected chi connectivity index (χ3v) is 8.77. The molecule has 0 aliphatic carbocycles. The molecule has 0 radical (unpaired) electrons.